The van der Waals surface area contributed by atoms with E-state index in [1.165, 1.54) is 0 Å². The van der Waals surface area contributed by atoms with Crippen molar-refractivity contribution in [3.8, 4) is 0 Å². The van der Waals surface area contributed by atoms with Gasteiger partial charge in [0.2, 0.25) is 5.91 Å². The first-order valence-electron chi connectivity index (χ1n) is 7.29. The first-order chi connectivity index (χ1) is 8.68. The maximum atomic E-state index is 12.5. The third kappa shape index (κ3) is 4.18. The number of carbonyl (C=O) groups excluding carboxylic acids is 1. The Bertz CT molecular complexity index is 313. The molecule has 1 heterocycles. The van der Waals surface area contributed by atoms with Crippen molar-refractivity contribution >= 4 is 5.91 Å². The van der Waals surface area contributed by atoms with Crippen LogP contribution in [0.3, 0.4) is 0 Å². The van der Waals surface area contributed by atoms with Crippen LogP contribution >= 0.6 is 0 Å². The minimum atomic E-state index is -0.307. The summed E-state index contributed by atoms with van der Waals surface area (Å²) >= 11 is 0. The number of hydrogen-bond acceptors (Lipinski definition) is 3. The van der Waals surface area contributed by atoms with E-state index in [1.807, 2.05) is 18.7 Å². The van der Waals surface area contributed by atoms with Gasteiger partial charge in [-0.2, -0.15) is 0 Å². The number of carbonyl (C=O) groups is 1. The van der Waals surface area contributed by atoms with E-state index < -0.39 is 0 Å². The lowest BCUT2D eigenvalue weighted by atomic mass is 10.0. The Morgan fingerprint density at radius 1 is 1.32 bits per heavy atom. The van der Waals surface area contributed by atoms with Gasteiger partial charge >= 0.3 is 0 Å². The van der Waals surface area contributed by atoms with Gasteiger partial charge in [0.1, 0.15) is 0 Å². The molecule has 1 amide bonds. The fraction of sp³-hybridized carbons (Fsp3) is 0.933. The number of methoxy groups -OCH3 is 1. The number of hydrogen-bond donors (Lipinski definition) is 1. The van der Waals surface area contributed by atoms with E-state index >= 15 is 0 Å². The molecule has 2 unspecified atom stereocenters. The van der Waals surface area contributed by atoms with Crippen LogP contribution in [0.2, 0.25) is 0 Å². The maximum absolute atomic E-state index is 12.5. The van der Waals surface area contributed by atoms with Crippen LogP contribution in [-0.4, -0.2) is 42.3 Å². The van der Waals surface area contributed by atoms with Gasteiger partial charge in [-0.25, -0.2) is 0 Å². The van der Waals surface area contributed by atoms with Gasteiger partial charge in [-0.05, 0) is 32.1 Å². The van der Waals surface area contributed by atoms with Crippen LogP contribution in [0.5, 0.6) is 0 Å². The molecule has 0 aromatic carbocycles. The summed E-state index contributed by atoms with van der Waals surface area (Å²) in [5.74, 6) is 1.09. The second-order valence-corrected chi connectivity index (χ2v) is 6.96. The van der Waals surface area contributed by atoms with E-state index in [4.69, 9.17) is 4.74 Å². The summed E-state index contributed by atoms with van der Waals surface area (Å²) in [5.41, 5.74) is -0.307. The van der Waals surface area contributed by atoms with Gasteiger partial charge < -0.3 is 9.64 Å². The monoisotopic (exact) mass is 270 g/mol. The van der Waals surface area contributed by atoms with Gasteiger partial charge in [0.05, 0.1) is 24.4 Å². The molecular formula is C15H30N2O2. The van der Waals surface area contributed by atoms with Crippen molar-refractivity contribution in [2.24, 2.45) is 11.8 Å². The van der Waals surface area contributed by atoms with E-state index in [1.54, 1.807) is 7.11 Å². The van der Waals surface area contributed by atoms with Gasteiger partial charge in [0.25, 0.3) is 0 Å². The van der Waals surface area contributed by atoms with Crippen LogP contribution in [0.25, 0.3) is 0 Å². The van der Waals surface area contributed by atoms with Gasteiger partial charge in [0, 0.05) is 7.11 Å². The van der Waals surface area contributed by atoms with E-state index in [0.29, 0.717) is 18.4 Å². The van der Waals surface area contributed by atoms with Crippen LogP contribution in [0, 0.1) is 11.8 Å². The Labute approximate surface area is 117 Å². The Kier molecular flexibility index (Phi) is 5.39. The molecule has 19 heavy (non-hydrogen) atoms. The third-order valence-corrected chi connectivity index (χ3v) is 3.76. The third-order valence-electron chi connectivity index (χ3n) is 3.76. The van der Waals surface area contributed by atoms with Gasteiger partial charge in [-0.3, -0.25) is 10.1 Å². The summed E-state index contributed by atoms with van der Waals surface area (Å²) in [6.45, 7) is 13.2. The first kappa shape index (κ1) is 16.4. The Morgan fingerprint density at radius 2 is 1.89 bits per heavy atom. The number of nitrogens with one attached hydrogen (secondary N) is 1. The average molecular weight is 270 g/mol. The largest absolute Gasteiger partial charge is 0.377 e. The summed E-state index contributed by atoms with van der Waals surface area (Å²) in [6.07, 6.45) is 1.11. The molecule has 2 atom stereocenters. The predicted octanol–water partition coefficient (Wildman–Crippen LogP) is 2.24. The highest BCUT2D eigenvalue weighted by Gasteiger charge is 2.42. The fourth-order valence-corrected chi connectivity index (χ4v) is 2.48. The number of ether oxygens (including phenoxy) is 1. The van der Waals surface area contributed by atoms with Crippen molar-refractivity contribution < 1.29 is 9.53 Å². The molecule has 0 aliphatic carbocycles. The first-order valence-corrected chi connectivity index (χ1v) is 7.29. The van der Waals surface area contributed by atoms with E-state index in [9.17, 15) is 4.79 Å². The smallest absolute Gasteiger partial charge is 0.241 e. The van der Waals surface area contributed by atoms with Crippen molar-refractivity contribution in [2.75, 3.05) is 13.7 Å². The second kappa shape index (κ2) is 6.23. The molecule has 0 spiro atoms. The van der Waals surface area contributed by atoms with Gasteiger partial charge in [-0.15, -0.1) is 0 Å². The van der Waals surface area contributed by atoms with Crippen LogP contribution in [0.15, 0.2) is 0 Å². The topological polar surface area (TPSA) is 41.6 Å². The number of nitrogens with zero attached hydrogens (tertiary/aromatic N) is 1. The summed E-state index contributed by atoms with van der Waals surface area (Å²) < 4.78 is 5.48. The molecule has 0 aromatic heterocycles. The van der Waals surface area contributed by atoms with Crippen molar-refractivity contribution in [3.63, 3.8) is 0 Å². The standard InChI is InChI=1S/C15H30N2O2/c1-10(2)8-12-16-13(11(3)4)14(18)17(12)9-15(5,6)19-7/h10-13,16H,8-9H2,1-7H3. The zero-order chi connectivity index (χ0) is 14.8. The quantitative estimate of drug-likeness (QED) is 0.805. The van der Waals surface area contributed by atoms with Crippen LogP contribution in [0.4, 0.5) is 0 Å². The molecule has 4 nitrogen and oxygen atoms in total. The highest BCUT2D eigenvalue weighted by atomic mass is 16.5. The minimum absolute atomic E-state index is 0.0589. The van der Waals surface area contributed by atoms with Gasteiger partial charge in [-0.1, -0.05) is 27.7 Å². The Hall–Kier alpha value is -0.610. The molecule has 1 fully saturated rings. The van der Waals surface area contributed by atoms with Crippen molar-refractivity contribution in [1.29, 1.82) is 0 Å². The molecule has 0 bridgehead atoms. The molecule has 0 saturated carbocycles. The summed E-state index contributed by atoms with van der Waals surface area (Å²) in [6, 6.07) is -0.0589. The number of rotatable bonds is 6. The second-order valence-electron chi connectivity index (χ2n) is 6.96. The van der Waals surface area contributed by atoms with E-state index in [2.05, 4.69) is 33.0 Å². The molecule has 1 saturated heterocycles. The SMILES string of the molecule is COC(C)(C)CN1C(=O)C(C(C)C)NC1CC(C)C. The molecule has 1 aliphatic rings. The molecule has 4 heteroatoms. The minimum Gasteiger partial charge on any atom is -0.377 e. The molecule has 1 rings (SSSR count). The summed E-state index contributed by atoms with van der Waals surface area (Å²) in [7, 11) is 1.70. The fourth-order valence-electron chi connectivity index (χ4n) is 2.48. The normalized spacial score (nSPS) is 24.9. The lowest BCUT2D eigenvalue weighted by molar-refractivity contribution is -0.134. The summed E-state index contributed by atoms with van der Waals surface area (Å²) in [5, 5.41) is 3.49. The lowest BCUT2D eigenvalue weighted by Gasteiger charge is -2.33. The van der Waals surface area contributed by atoms with E-state index in [-0.39, 0.29) is 23.7 Å². The van der Waals surface area contributed by atoms with E-state index in [0.717, 1.165) is 6.42 Å². The Morgan fingerprint density at radius 3 is 2.32 bits per heavy atom. The van der Waals surface area contributed by atoms with Crippen LogP contribution in [0.1, 0.15) is 48.0 Å². The molecule has 0 aromatic rings. The molecule has 1 aliphatic heterocycles. The van der Waals surface area contributed by atoms with Crippen molar-refractivity contribution in [1.82, 2.24) is 10.2 Å². The molecule has 1 N–H and O–H groups in total. The zero-order valence-electron chi connectivity index (χ0n) is 13.5. The highest BCUT2D eigenvalue weighted by molar-refractivity contribution is 5.84. The van der Waals surface area contributed by atoms with Crippen molar-refractivity contribution in [2.45, 2.75) is 65.8 Å². The number of amides is 1. The molecule has 112 valence electrons. The highest BCUT2D eigenvalue weighted by Crippen LogP contribution is 2.24. The predicted molar refractivity (Wildman–Crippen MR) is 77.8 cm³/mol. The molecule has 0 radical (unpaired) electrons. The van der Waals surface area contributed by atoms with Crippen LogP contribution in [-0.2, 0) is 9.53 Å². The van der Waals surface area contributed by atoms with Crippen molar-refractivity contribution in [3.05, 3.63) is 0 Å². The lowest BCUT2D eigenvalue weighted by Crippen LogP contribution is -2.47. The molecular weight excluding hydrogens is 240 g/mol. The van der Waals surface area contributed by atoms with Crippen LogP contribution < -0.4 is 5.32 Å². The average Bonchev–Trinajstić information content (AvgIpc) is 2.57. The summed E-state index contributed by atoms with van der Waals surface area (Å²) in [4.78, 5) is 14.5. The maximum Gasteiger partial charge on any atom is 0.241 e. The Balaban J connectivity index is 2.85. The van der Waals surface area contributed by atoms with Gasteiger partial charge in [0.15, 0.2) is 0 Å². The zero-order valence-corrected chi connectivity index (χ0v) is 13.5.